The normalized spacial score (nSPS) is 17.8. The van der Waals surface area contributed by atoms with Crippen molar-refractivity contribution in [1.29, 1.82) is 0 Å². The van der Waals surface area contributed by atoms with Crippen LogP contribution >= 0.6 is 23.2 Å². The van der Waals surface area contributed by atoms with E-state index in [1.165, 1.54) is 18.4 Å². The van der Waals surface area contributed by atoms with E-state index in [2.05, 4.69) is 25.2 Å². The Kier molecular flexibility index (Phi) is 3.78. The molecule has 0 bridgehead atoms. The third-order valence-corrected chi connectivity index (χ3v) is 3.65. The molecule has 0 aliphatic heterocycles. The van der Waals surface area contributed by atoms with Gasteiger partial charge in [0.2, 0.25) is 0 Å². The summed E-state index contributed by atoms with van der Waals surface area (Å²) in [7, 11) is 0. The molecule has 1 atom stereocenters. The van der Waals surface area contributed by atoms with Crippen LogP contribution in [0.2, 0.25) is 10.0 Å². The van der Waals surface area contributed by atoms with Crippen LogP contribution in [0.25, 0.3) is 0 Å². The van der Waals surface area contributed by atoms with E-state index in [4.69, 9.17) is 23.2 Å². The lowest BCUT2D eigenvalue weighted by molar-refractivity contribution is 0.436. The van der Waals surface area contributed by atoms with E-state index in [0.29, 0.717) is 22.1 Å². The molecular formula is C13H17Cl2N. The minimum Gasteiger partial charge on any atom is -0.307 e. The van der Waals surface area contributed by atoms with Crippen LogP contribution in [0, 0.1) is 5.92 Å². The van der Waals surface area contributed by atoms with Crippen LogP contribution in [0.15, 0.2) is 18.2 Å². The van der Waals surface area contributed by atoms with Gasteiger partial charge < -0.3 is 5.32 Å². The molecule has 0 radical (unpaired) electrons. The summed E-state index contributed by atoms with van der Waals surface area (Å²) in [6.45, 7) is 4.35. The molecule has 1 saturated carbocycles. The molecule has 1 nitrogen and oxygen atoms in total. The Morgan fingerprint density at radius 1 is 1.19 bits per heavy atom. The fourth-order valence-corrected chi connectivity index (χ4v) is 2.31. The minimum atomic E-state index is 0.426. The van der Waals surface area contributed by atoms with Gasteiger partial charge in [0.05, 0.1) is 10.0 Å². The second kappa shape index (κ2) is 4.95. The second-order valence-corrected chi connectivity index (χ2v) is 5.62. The van der Waals surface area contributed by atoms with Gasteiger partial charge in [-0.1, -0.05) is 43.1 Å². The summed E-state index contributed by atoms with van der Waals surface area (Å²) in [5.74, 6) is 0.764. The van der Waals surface area contributed by atoms with Crippen LogP contribution in [-0.2, 0) is 0 Å². The van der Waals surface area contributed by atoms with Crippen LogP contribution in [0.5, 0.6) is 0 Å². The van der Waals surface area contributed by atoms with Crippen LogP contribution in [-0.4, -0.2) is 6.04 Å². The Bertz CT molecular complexity index is 372. The van der Waals surface area contributed by atoms with Crippen molar-refractivity contribution in [1.82, 2.24) is 5.32 Å². The number of rotatable bonds is 4. The Labute approximate surface area is 107 Å². The maximum Gasteiger partial charge on any atom is 0.0595 e. The first-order valence-electron chi connectivity index (χ1n) is 5.79. The Hall–Kier alpha value is -0.240. The van der Waals surface area contributed by atoms with Crippen LogP contribution in [0.1, 0.15) is 38.3 Å². The van der Waals surface area contributed by atoms with Crippen molar-refractivity contribution >= 4 is 23.2 Å². The molecule has 2 rings (SSSR count). The molecular weight excluding hydrogens is 241 g/mol. The maximum atomic E-state index is 6.06. The van der Waals surface area contributed by atoms with Crippen LogP contribution in [0.4, 0.5) is 0 Å². The van der Waals surface area contributed by atoms with E-state index in [1.54, 1.807) is 0 Å². The van der Waals surface area contributed by atoms with Crippen molar-refractivity contribution in [3.05, 3.63) is 33.8 Å². The van der Waals surface area contributed by atoms with E-state index in [-0.39, 0.29) is 0 Å². The van der Waals surface area contributed by atoms with Gasteiger partial charge in [0.15, 0.2) is 0 Å². The molecule has 1 aromatic carbocycles. The molecule has 16 heavy (non-hydrogen) atoms. The summed E-state index contributed by atoms with van der Waals surface area (Å²) in [5.41, 5.74) is 1.26. The SMILES string of the molecule is CC(C)NC(c1ccc(Cl)c(Cl)c1)C1CC1. The third kappa shape index (κ3) is 2.91. The molecule has 1 aliphatic carbocycles. The van der Waals surface area contributed by atoms with Crippen molar-refractivity contribution in [2.24, 2.45) is 5.92 Å². The van der Waals surface area contributed by atoms with Gasteiger partial charge in [-0.15, -0.1) is 0 Å². The summed E-state index contributed by atoms with van der Waals surface area (Å²) in [6.07, 6.45) is 2.62. The van der Waals surface area contributed by atoms with E-state index in [9.17, 15) is 0 Å². The largest absolute Gasteiger partial charge is 0.307 e. The van der Waals surface area contributed by atoms with Gasteiger partial charge in [0.25, 0.3) is 0 Å². The van der Waals surface area contributed by atoms with Gasteiger partial charge >= 0.3 is 0 Å². The third-order valence-electron chi connectivity index (χ3n) is 2.91. The van der Waals surface area contributed by atoms with Crippen molar-refractivity contribution < 1.29 is 0 Å². The first kappa shape index (κ1) is 12.2. The van der Waals surface area contributed by atoms with Crippen molar-refractivity contribution in [2.75, 3.05) is 0 Å². The standard InChI is InChI=1S/C13H17Cl2N/c1-8(2)16-13(9-3-4-9)10-5-6-11(14)12(15)7-10/h5-9,13,16H,3-4H2,1-2H3. The molecule has 1 fully saturated rings. The second-order valence-electron chi connectivity index (χ2n) is 4.81. The lowest BCUT2D eigenvalue weighted by Crippen LogP contribution is -2.29. The average Bonchev–Trinajstić information content (AvgIpc) is 3.02. The Morgan fingerprint density at radius 2 is 1.88 bits per heavy atom. The molecule has 1 aromatic rings. The fraction of sp³-hybridized carbons (Fsp3) is 0.538. The summed E-state index contributed by atoms with van der Waals surface area (Å²) in [4.78, 5) is 0. The van der Waals surface area contributed by atoms with E-state index in [0.717, 1.165) is 5.92 Å². The number of hydrogen-bond acceptors (Lipinski definition) is 1. The highest BCUT2D eigenvalue weighted by Gasteiger charge is 2.32. The summed E-state index contributed by atoms with van der Waals surface area (Å²) in [5, 5.41) is 4.88. The van der Waals surface area contributed by atoms with Crippen LogP contribution in [0.3, 0.4) is 0 Å². The van der Waals surface area contributed by atoms with Gasteiger partial charge in [-0.2, -0.15) is 0 Å². The smallest absolute Gasteiger partial charge is 0.0595 e. The first-order chi connectivity index (χ1) is 7.58. The lowest BCUT2D eigenvalue weighted by atomic mass is 10.0. The molecule has 0 spiro atoms. The quantitative estimate of drug-likeness (QED) is 0.841. The molecule has 0 aromatic heterocycles. The zero-order chi connectivity index (χ0) is 11.7. The molecule has 1 aliphatic rings. The summed E-state index contributed by atoms with van der Waals surface area (Å²) in [6, 6.07) is 6.86. The Balaban J connectivity index is 2.20. The molecule has 0 heterocycles. The number of hydrogen-bond donors (Lipinski definition) is 1. The highest BCUT2D eigenvalue weighted by Crippen LogP contribution is 2.42. The summed E-state index contributed by atoms with van der Waals surface area (Å²) >= 11 is 12.0. The average molecular weight is 258 g/mol. The first-order valence-corrected chi connectivity index (χ1v) is 6.54. The van der Waals surface area contributed by atoms with Gasteiger partial charge in [-0.25, -0.2) is 0 Å². The molecule has 88 valence electrons. The van der Waals surface area contributed by atoms with Crippen molar-refractivity contribution in [3.63, 3.8) is 0 Å². The molecule has 1 N–H and O–H groups in total. The highest BCUT2D eigenvalue weighted by molar-refractivity contribution is 6.42. The highest BCUT2D eigenvalue weighted by atomic mass is 35.5. The number of halogens is 2. The van der Waals surface area contributed by atoms with Gasteiger partial charge in [0.1, 0.15) is 0 Å². The van der Waals surface area contributed by atoms with Crippen LogP contribution < -0.4 is 5.32 Å². The maximum absolute atomic E-state index is 6.06. The van der Waals surface area contributed by atoms with Gasteiger partial charge in [-0.05, 0) is 36.5 Å². The van der Waals surface area contributed by atoms with Crippen molar-refractivity contribution in [3.8, 4) is 0 Å². The summed E-state index contributed by atoms with van der Waals surface area (Å²) < 4.78 is 0. The molecule has 0 saturated heterocycles. The van der Waals surface area contributed by atoms with E-state index < -0.39 is 0 Å². The van der Waals surface area contributed by atoms with Gasteiger partial charge in [0, 0.05) is 12.1 Å². The molecule has 3 heteroatoms. The van der Waals surface area contributed by atoms with E-state index in [1.807, 2.05) is 12.1 Å². The topological polar surface area (TPSA) is 12.0 Å². The molecule has 1 unspecified atom stereocenters. The Morgan fingerprint density at radius 3 is 2.38 bits per heavy atom. The minimum absolute atomic E-state index is 0.426. The van der Waals surface area contributed by atoms with E-state index >= 15 is 0 Å². The molecule has 0 amide bonds. The number of benzene rings is 1. The zero-order valence-corrected chi connectivity index (χ0v) is 11.1. The predicted octanol–water partition coefficient (Wildman–Crippen LogP) is 4.44. The van der Waals surface area contributed by atoms with Gasteiger partial charge in [-0.3, -0.25) is 0 Å². The monoisotopic (exact) mass is 257 g/mol. The number of nitrogens with one attached hydrogen (secondary N) is 1. The predicted molar refractivity (Wildman–Crippen MR) is 70.2 cm³/mol. The van der Waals surface area contributed by atoms with Crippen molar-refractivity contribution in [2.45, 2.75) is 38.8 Å². The zero-order valence-electron chi connectivity index (χ0n) is 9.63. The lowest BCUT2D eigenvalue weighted by Gasteiger charge is -2.21. The fourth-order valence-electron chi connectivity index (χ4n) is 2.00.